The molecule has 25 heavy (non-hydrogen) atoms. The summed E-state index contributed by atoms with van der Waals surface area (Å²) in [4.78, 5) is 0. The molecule has 0 fully saturated rings. The number of benzene rings is 2. The largest absolute Gasteiger partial charge is 0.454 e. The van der Waals surface area contributed by atoms with Gasteiger partial charge in [-0.05, 0) is 35.4 Å². The molecule has 2 aliphatic heterocycles. The van der Waals surface area contributed by atoms with Crippen molar-refractivity contribution >= 4 is 0 Å². The van der Waals surface area contributed by atoms with Gasteiger partial charge in [-0.25, -0.2) is 9.13 Å². The van der Waals surface area contributed by atoms with E-state index in [2.05, 4.69) is 40.0 Å². The molecule has 0 saturated carbocycles. The molecule has 2 aliphatic rings. The second kappa shape index (κ2) is 5.73. The monoisotopic (exact) mass is 337 g/mol. The van der Waals surface area contributed by atoms with Crippen LogP contribution < -0.4 is 23.5 Å². The molecule has 1 aromatic heterocycles. The maximum atomic E-state index is 5.44. The average Bonchev–Trinajstić information content (AvgIpc) is 3.35. The molecular weight excluding hydrogens is 320 g/mol. The topological polar surface area (TPSA) is 45.7 Å². The van der Waals surface area contributed by atoms with Crippen molar-refractivity contribution in [1.29, 1.82) is 0 Å². The zero-order valence-corrected chi connectivity index (χ0v) is 13.6. The van der Waals surface area contributed by atoms with E-state index in [1.165, 1.54) is 11.1 Å². The highest BCUT2D eigenvalue weighted by molar-refractivity contribution is 5.45. The summed E-state index contributed by atoms with van der Waals surface area (Å²) in [6, 6.07) is 12.1. The van der Waals surface area contributed by atoms with E-state index in [0.717, 1.165) is 36.1 Å². The highest BCUT2D eigenvalue weighted by Gasteiger charge is 2.16. The van der Waals surface area contributed by atoms with Gasteiger partial charge in [-0.1, -0.05) is 12.1 Å². The first-order valence-electron chi connectivity index (χ1n) is 8.15. The number of fused-ring (bicyclic) bond motifs is 2. The van der Waals surface area contributed by atoms with Crippen molar-refractivity contribution in [2.75, 3.05) is 13.6 Å². The minimum Gasteiger partial charge on any atom is -0.454 e. The Balaban J connectivity index is 1.30. The first kappa shape index (κ1) is 14.2. The predicted molar refractivity (Wildman–Crippen MR) is 88.0 cm³/mol. The quantitative estimate of drug-likeness (QED) is 0.686. The second-order valence-corrected chi connectivity index (χ2v) is 6.13. The van der Waals surface area contributed by atoms with Gasteiger partial charge in [0.1, 0.15) is 25.5 Å². The number of ether oxygens (including phenoxy) is 4. The zero-order valence-electron chi connectivity index (χ0n) is 13.6. The minimum atomic E-state index is 0.303. The molecule has 0 atom stereocenters. The summed E-state index contributed by atoms with van der Waals surface area (Å²) >= 11 is 0. The Morgan fingerprint density at radius 3 is 2.20 bits per heavy atom. The minimum absolute atomic E-state index is 0.303. The van der Waals surface area contributed by atoms with Crippen molar-refractivity contribution in [1.82, 2.24) is 4.57 Å². The lowest BCUT2D eigenvalue weighted by Crippen LogP contribution is -2.31. The van der Waals surface area contributed by atoms with Gasteiger partial charge in [0.15, 0.2) is 23.0 Å². The van der Waals surface area contributed by atoms with Crippen LogP contribution in [-0.4, -0.2) is 18.2 Å². The van der Waals surface area contributed by atoms with Gasteiger partial charge in [0.05, 0.1) is 0 Å². The van der Waals surface area contributed by atoms with E-state index in [0.29, 0.717) is 13.6 Å². The van der Waals surface area contributed by atoms with Crippen LogP contribution in [0.3, 0.4) is 0 Å². The van der Waals surface area contributed by atoms with Gasteiger partial charge >= 0.3 is 0 Å². The molecule has 6 nitrogen and oxygen atoms in total. The summed E-state index contributed by atoms with van der Waals surface area (Å²) in [5.74, 6) is 3.26. The van der Waals surface area contributed by atoms with E-state index in [-0.39, 0.29) is 0 Å². The highest BCUT2D eigenvalue weighted by atomic mass is 16.7. The highest BCUT2D eigenvalue weighted by Crippen LogP contribution is 2.33. The molecule has 3 aromatic rings. The van der Waals surface area contributed by atoms with Crippen molar-refractivity contribution in [3.05, 3.63) is 66.2 Å². The molecule has 6 heteroatoms. The molecular formula is C19H17N2O4+. The predicted octanol–water partition coefficient (Wildman–Crippen LogP) is 2.33. The summed E-state index contributed by atoms with van der Waals surface area (Å²) in [5, 5.41) is 0. The normalized spacial score (nSPS) is 14.1. The van der Waals surface area contributed by atoms with Crippen LogP contribution in [0.4, 0.5) is 0 Å². The molecule has 0 radical (unpaired) electrons. The molecule has 0 amide bonds. The summed E-state index contributed by atoms with van der Waals surface area (Å²) in [7, 11) is 0. The SMILES string of the molecule is c1cc2c(cc1Cn1cc[n+](Cc3ccc4c(c3)OCO4)c1)OCO2. The van der Waals surface area contributed by atoms with Crippen molar-refractivity contribution in [2.45, 2.75) is 13.1 Å². The number of nitrogens with zero attached hydrogens (tertiary/aromatic N) is 2. The lowest BCUT2D eigenvalue weighted by Gasteiger charge is -2.01. The lowest BCUT2D eigenvalue weighted by molar-refractivity contribution is -0.687. The van der Waals surface area contributed by atoms with Crippen LogP contribution in [0.2, 0.25) is 0 Å². The molecule has 0 N–H and O–H groups in total. The van der Waals surface area contributed by atoms with E-state index in [1.807, 2.05) is 24.3 Å². The van der Waals surface area contributed by atoms with E-state index in [4.69, 9.17) is 18.9 Å². The van der Waals surface area contributed by atoms with Crippen molar-refractivity contribution in [3.63, 3.8) is 0 Å². The van der Waals surface area contributed by atoms with Crippen LogP contribution in [-0.2, 0) is 13.1 Å². The van der Waals surface area contributed by atoms with Gasteiger partial charge in [-0.2, -0.15) is 0 Å². The standard InChI is InChI=1S/C19H17N2O4/c1-3-16-18(24-12-22-16)7-14(1)9-20-5-6-21(11-20)10-15-2-4-17-19(8-15)25-13-23-17/h1-8,11H,9-10,12-13H2/q+1. The first-order chi connectivity index (χ1) is 12.3. The first-order valence-corrected chi connectivity index (χ1v) is 8.15. The van der Waals surface area contributed by atoms with Gasteiger partial charge in [0.25, 0.3) is 0 Å². The Kier molecular flexibility index (Phi) is 3.26. The number of aromatic nitrogens is 2. The van der Waals surface area contributed by atoms with Crippen LogP contribution in [0.15, 0.2) is 55.1 Å². The number of hydrogen-bond donors (Lipinski definition) is 0. The van der Waals surface area contributed by atoms with Crippen LogP contribution in [0, 0.1) is 0 Å². The molecule has 3 heterocycles. The third-order valence-electron chi connectivity index (χ3n) is 4.35. The van der Waals surface area contributed by atoms with Gasteiger partial charge < -0.3 is 18.9 Å². The Hall–Kier alpha value is -3.15. The molecule has 0 bridgehead atoms. The summed E-state index contributed by atoms with van der Waals surface area (Å²) in [6.07, 6.45) is 6.23. The average molecular weight is 337 g/mol. The maximum Gasteiger partial charge on any atom is 0.244 e. The van der Waals surface area contributed by atoms with E-state index >= 15 is 0 Å². The summed E-state index contributed by atoms with van der Waals surface area (Å²) in [6.45, 7) is 2.17. The van der Waals surface area contributed by atoms with Gasteiger partial charge in [-0.15, -0.1) is 0 Å². The molecule has 0 unspecified atom stereocenters. The fourth-order valence-corrected chi connectivity index (χ4v) is 3.13. The fourth-order valence-electron chi connectivity index (χ4n) is 3.13. The van der Waals surface area contributed by atoms with Crippen LogP contribution in [0.25, 0.3) is 0 Å². The van der Waals surface area contributed by atoms with Crippen molar-refractivity contribution in [2.24, 2.45) is 0 Å². The van der Waals surface area contributed by atoms with Gasteiger partial charge in [-0.3, -0.25) is 0 Å². The van der Waals surface area contributed by atoms with E-state index < -0.39 is 0 Å². The molecule has 5 rings (SSSR count). The van der Waals surface area contributed by atoms with Gasteiger partial charge in [0.2, 0.25) is 19.9 Å². The summed E-state index contributed by atoms with van der Waals surface area (Å²) < 4.78 is 25.9. The van der Waals surface area contributed by atoms with Crippen LogP contribution in [0.5, 0.6) is 23.0 Å². The molecule has 0 spiro atoms. The zero-order chi connectivity index (χ0) is 16.6. The van der Waals surface area contributed by atoms with Crippen LogP contribution >= 0.6 is 0 Å². The number of hydrogen-bond acceptors (Lipinski definition) is 4. The smallest absolute Gasteiger partial charge is 0.244 e. The third-order valence-corrected chi connectivity index (χ3v) is 4.35. The van der Waals surface area contributed by atoms with Gasteiger partial charge in [0, 0.05) is 0 Å². The number of rotatable bonds is 4. The van der Waals surface area contributed by atoms with E-state index in [9.17, 15) is 0 Å². The van der Waals surface area contributed by atoms with E-state index in [1.54, 1.807) is 0 Å². The Morgan fingerprint density at radius 2 is 1.44 bits per heavy atom. The second-order valence-electron chi connectivity index (χ2n) is 6.13. The summed E-state index contributed by atoms with van der Waals surface area (Å²) in [5.41, 5.74) is 2.35. The van der Waals surface area contributed by atoms with Crippen molar-refractivity contribution < 1.29 is 23.5 Å². The Bertz CT molecular complexity index is 861. The molecule has 126 valence electrons. The molecule has 0 aliphatic carbocycles. The maximum absolute atomic E-state index is 5.44. The fraction of sp³-hybridized carbons (Fsp3) is 0.211. The van der Waals surface area contributed by atoms with Crippen molar-refractivity contribution in [3.8, 4) is 23.0 Å². The Morgan fingerprint density at radius 1 is 0.800 bits per heavy atom. The number of imidazole rings is 1. The lowest BCUT2D eigenvalue weighted by atomic mass is 10.2. The third kappa shape index (κ3) is 2.76. The molecule has 0 saturated heterocycles. The van der Waals surface area contributed by atoms with Crippen LogP contribution in [0.1, 0.15) is 11.1 Å². The Labute approximate surface area is 144 Å². The molecule has 2 aromatic carbocycles.